The van der Waals surface area contributed by atoms with Gasteiger partial charge in [-0.25, -0.2) is 8.42 Å². The second kappa shape index (κ2) is 3.67. The summed E-state index contributed by atoms with van der Waals surface area (Å²) < 4.78 is 27.9. The van der Waals surface area contributed by atoms with E-state index in [-0.39, 0.29) is 17.0 Å². The summed E-state index contributed by atoms with van der Waals surface area (Å²) in [5.41, 5.74) is -0.121. The Kier molecular flexibility index (Phi) is 2.55. The molecule has 0 fully saturated rings. The van der Waals surface area contributed by atoms with Crippen molar-refractivity contribution in [3.63, 3.8) is 0 Å². The topological polar surface area (TPSA) is 107 Å². The number of hydrogen-bond donors (Lipinski definition) is 1. The highest BCUT2D eigenvalue weighted by molar-refractivity contribution is 7.91. The SMILES string of the molecule is CS(=O)(=O)C1c2cc([N+](=O)[O-])ccc2OC1O. The van der Waals surface area contributed by atoms with Crippen LogP contribution in [0, 0.1) is 10.1 Å². The largest absolute Gasteiger partial charge is 0.463 e. The Morgan fingerprint density at radius 1 is 1.47 bits per heavy atom. The highest BCUT2D eigenvalue weighted by atomic mass is 32.2. The molecule has 0 aromatic heterocycles. The number of nitro groups is 1. The van der Waals surface area contributed by atoms with Crippen LogP contribution in [-0.4, -0.2) is 31.0 Å². The number of non-ortho nitro benzene ring substituents is 1. The first-order valence-corrected chi connectivity index (χ1v) is 6.58. The Morgan fingerprint density at radius 3 is 2.65 bits per heavy atom. The van der Waals surface area contributed by atoms with Crippen molar-refractivity contribution in [3.05, 3.63) is 33.9 Å². The molecule has 2 rings (SSSR count). The monoisotopic (exact) mass is 259 g/mol. The van der Waals surface area contributed by atoms with Gasteiger partial charge >= 0.3 is 0 Å². The van der Waals surface area contributed by atoms with E-state index in [9.17, 15) is 23.6 Å². The number of fused-ring (bicyclic) bond motifs is 1. The van der Waals surface area contributed by atoms with Crippen LogP contribution in [0.25, 0.3) is 0 Å². The van der Waals surface area contributed by atoms with Crippen molar-refractivity contribution in [1.82, 2.24) is 0 Å². The molecule has 1 aromatic rings. The predicted octanol–water partition coefficient (Wildman–Crippen LogP) is 0.391. The van der Waals surface area contributed by atoms with Gasteiger partial charge in [0.1, 0.15) is 5.75 Å². The van der Waals surface area contributed by atoms with Crippen LogP contribution in [0.4, 0.5) is 5.69 Å². The number of nitro benzene ring substituents is 1. The minimum Gasteiger partial charge on any atom is -0.463 e. The third-order valence-corrected chi connectivity index (χ3v) is 3.89. The lowest BCUT2D eigenvalue weighted by Gasteiger charge is -2.10. The van der Waals surface area contributed by atoms with Crippen LogP contribution in [-0.2, 0) is 9.84 Å². The van der Waals surface area contributed by atoms with Gasteiger partial charge in [-0.3, -0.25) is 10.1 Å². The average molecular weight is 259 g/mol. The second-order valence-corrected chi connectivity index (χ2v) is 5.90. The number of rotatable bonds is 2. The molecule has 1 N–H and O–H groups in total. The summed E-state index contributed by atoms with van der Waals surface area (Å²) in [6, 6.07) is 3.58. The number of aliphatic hydroxyl groups is 1. The number of nitrogens with zero attached hydrogens (tertiary/aromatic N) is 1. The molecule has 92 valence electrons. The summed E-state index contributed by atoms with van der Waals surface area (Å²) in [7, 11) is -3.61. The van der Waals surface area contributed by atoms with E-state index in [4.69, 9.17) is 4.74 Å². The average Bonchev–Trinajstić information content (AvgIpc) is 2.51. The molecule has 2 unspecified atom stereocenters. The summed E-state index contributed by atoms with van der Waals surface area (Å²) in [4.78, 5) is 9.96. The van der Waals surface area contributed by atoms with Gasteiger partial charge in [-0.1, -0.05) is 0 Å². The van der Waals surface area contributed by atoms with Gasteiger partial charge in [-0.05, 0) is 6.07 Å². The van der Waals surface area contributed by atoms with Crippen molar-refractivity contribution in [3.8, 4) is 5.75 Å². The fourth-order valence-electron chi connectivity index (χ4n) is 1.77. The molecule has 1 aliphatic rings. The number of benzene rings is 1. The zero-order chi connectivity index (χ0) is 12.8. The lowest BCUT2D eigenvalue weighted by Crippen LogP contribution is -2.24. The quantitative estimate of drug-likeness (QED) is 0.608. The Bertz CT molecular complexity index is 581. The molecule has 0 aliphatic carbocycles. The van der Waals surface area contributed by atoms with Crippen LogP contribution in [0.2, 0.25) is 0 Å². The molecule has 0 spiro atoms. The van der Waals surface area contributed by atoms with Crippen molar-refractivity contribution < 1.29 is 23.2 Å². The van der Waals surface area contributed by atoms with Crippen molar-refractivity contribution in [1.29, 1.82) is 0 Å². The second-order valence-electron chi connectivity index (χ2n) is 3.74. The lowest BCUT2D eigenvalue weighted by atomic mass is 10.1. The normalized spacial score (nSPS) is 22.9. The van der Waals surface area contributed by atoms with E-state index in [1.165, 1.54) is 12.1 Å². The van der Waals surface area contributed by atoms with E-state index in [2.05, 4.69) is 0 Å². The van der Waals surface area contributed by atoms with E-state index in [0.29, 0.717) is 0 Å². The molecule has 17 heavy (non-hydrogen) atoms. The number of hydrogen-bond acceptors (Lipinski definition) is 6. The van der Waals surface area contributed by atoms with E-state index in [1.54, 1.807) is 0 Å². The van der Waals surface area contributed by atoms with Gasteiger partial charge in [0.15, 0.2) is 15.1 Å². The van der Waals surface area contributed by atoms with Crippen molar-refractivity contribution in [2.24, 2.45) is 0 Å². The maximum Gasteiger partial charge on any atom is 0.270 e. The van der Waals surface area contributed by atoms with E-state index in [0.717, 1.165) is 12.3 Å². The molecule has 0 saturated carbocycles. The van der Waals surface area contributed by atoms with E-state index in [1.807, 2.05) is 0 Å². The number of ether oxygens (including phenoxy) is 1. The molecule has 1 aromatic carbocycles. The summed E-state index contributed by atoms with van der Waals surface area (Å²) in [6.45, 7) is 0. The maximum absolute atomic E-state index is 11.5. The molecule has 0 amide bonds. The number of sulfone groups is 1. The predicted molar refractivity (Wildman–Crippen MR) is 57.3 cm³/mol. The van der Waals surface area contributed by atoms with Crippen LogP contribution in [0.15, 0.2) is 18.2 Å². The molecule has 1 heterocycles. The highest BCUT2D eigenvalue weighted by Gasteiger charge is 2.41. The van der Waals surface area contributed by atoms with Crippen LogP contribution in [0.3, 0.4) is 0 Å². The summed E-state index contributed by atoms with van der Waals surface area (Å²) in [6.07, 6.45) is -0.583. The summed E-state index contributed by atoms with van der Waals surface area (Å²) >= 11 is 0. The van der Waals surface area contributed by atoms with E-state index >= 15 is 0 Å². The van der Waals surface area contributed by atoms with Crippen LogP contribution in [0.5, 0.6) is 5.75 Å². The third kappa shape index (κ3) is 1.96. The molecule has 7 nitrogen and oxygen atoms in total. The smallest absolute Gasteiger partial charge is 0.270 e. The molecule has 8 heteroatoms. The zero-order valence-electron chi connectivity index (χ0n) is 8.73. The Balaban J connectivity index is 2.58. The maximum atomic E-state index is 11.5. The standard InChI is InChI=1S/C9H9NO6S/c1-17(14,15)8-6-4-5(10(12)13)2-3-7(6)16-9(8)11/h2-4,8-9,11H,1H3. The molecular weight excluding hydrogens is 250 g/mol. The lowest BCUT2D eigenvalue weighted by molar-refractivity contribution is -0.384. The molecule has 1 aliphatic heterocycles. The fraction of sp³-hybridized carbons (Fsp3) is 0.333. The molecule has 0 saturated heterocycles. The van der Waals surface area contributed by atoms with Gasteiger partial charge in [0.25, 0.3) is 5.69 Å². The Labute approximate surface area is 96.7 Å². The van der Waals surface area contributed by atoms with Gasteiger partial charge in [0, 0.05) is 24.0 Å². The molecular formula is C9H9NO6S. The van der Waals surface area contributed by atoms with Gasteiger partial charge in [-0.15, -0.1) is 0 Å². The van der Waals surface area contributed by atoms with Crippen LogP contribution < -0.4 is 4.74 Å². The first kappa shape index (κ1) is 11.8. The molecule has 0 bridgehead atoms. The molecule has 0 radical (unpaired) electrons. The first-order chi connectivity index (χ1) is 7.80. The van der Waals surface area contributed by atoms with Gasteiger partial charge in [0.05, 0.1) is 4.92 Å². The van der Waals surface area contributed by atoms with Crippen LogP contribution >= 0.6 is 0 Å². The van der Waals surface area contributed by atoms with Crippen LogP contribution in [0.1, 0.15) is 10.8 Å². The Morgan fingerprint density at radius 2 is 2.12 bits per heavy atom. The minimum absolute atomic E-state index is 0.120. The van der Waals surface area contributed by atoms with Crippen molar-refractivity contribution in [2.75, 3.05) is 6.26 Å². The third-order valence-electron chi connectivity index (χ3n) is 2.48. The van der Waals surface area contributed by atoms with Gasteiger partial charge in [0.2, 0.25) is 6.29 Å². The van der Waals surface area contributed by atoms with Crippen molar-refractivity contribution >= 4 is 15.5 Å². The molecule has 2 atom stereocenters. The summed E-state index contributed by atoms with van der Waals surface area (Å²) in [5.74, 6) is 0.151. The minimum atomic E-state index is -3.61. The highest BCUT2D eigenvalue weighted by Crippen LogP contribution is 2.41. The fourth-order valence-corrected chi connectivity index (χ4v) is 2.89. The Hall–Kier alpha value is -1.67. The first-order valence-electron chi connectivity index (χ1n) is 4.62. The number of aliphatic hydroxyl groups excluding tert-OH is 1. The van der Waals surface area contributed by atoms with Gasteiger partial charge < -0.3 is 9.84 Å². The zero-order valence-corrected chi connectivity index (χ0v) is 9.55. The van der Waals surface area contributed by atoms with Gasteiger partial charge in [-0.2, -0.15) is 0 Å². The summed E-state index contributed by atoms with van der Waals surface area (Å²) in [5, 5.41) is 18.8. The van der Waals surface area contributed by atoms with Crippen molar-refractivity contribution in [2.45, 2.75) is 11.5 Å². The van der Waals surface area contributed by atoms with E-state index < -0.39 is 26.3 Å².